The topological polar surface area (TPSA) is 96.0 Å². The molecule has 0 bridgehead atoms. The minimum absolute atomic E-state index is 0.0885. The van der Waals surface area contributed by atoms with Gasteiger partial charge in [0.2, 0.25) is 10.0 Å². The fourth-order valence-corrected chi connectivity index (χ4v) is 3.96. The number of sulfonamides is 1. The third-order valence-corrected chi connectivity index (χ3v) is 5.32. The molecule has 0 spiro atoms. The lowest BCUT2D eigenvalue weighted by molar-refractivity contribution is 0.296. The van der Waals surface area contributed by atoms with Gasteiger partial charge in [0, 0.05) is 6.04 Å². The van der Waals surface area contributed by atoms with Crippen molar-refractivity contribution in [2.45, 2.75) is 36.6 Å². The molecule has 1 saturated carbocycles. The monoisotopic (exact) mass is 293 g/mol. The Morgan fingerprint density at radius 3 is 2.50 bits per heavy atom. The summed E-state index contributed by atoms with van der Waals surface area (Å²) in [4.78, 5) is 0.192. The van der Waals surface area contributed by atoms with Crippen molar-refractivity contribution in [3.63, 3.8) is 0 Å². The summed E-state index contributed by atoms with van der Waals surface area (Å²) >= 11 is 0. The van der Waals surface area contributed by atoms with Gasteiger partial charge in [-0.2, -0.15) is 5.26 Å². The maximum atomic E-state index is 12.3. The number of nitrogens with one attached hydrogen (secondary N) is 1. The Bertz CT molecular complexity index is 590. The van der Waals surface area contributed by atoms with Gasteiger partial charge in [-0.1, -0.05) is 12.8 Å². The van der Waals surface area contributed by atoms with E-state index in [0.29, 0.717) is 12.1 Å². The highest BCUT2D eigenvalue weighted by Gasteiger charge is 2.28. The number of nitrogens with two attached hydrogens (primary N) is 1. The number of rotatable bonds is 4. The Labute approximate surface area is 119 Å². The van der Waals surface area contributed by atoms with Crippen LogP contribution >= 0.6 is 0 Å². The van der Waals surface area contributed by atoms with Gasteiger partial charge in [-0.05, 0) is 49.6 Å². The average Bonchev–Trinajstić information content (AvgIpc) is 2.47. The fraction of sp³-hybridized carbons (Fsp3) is 0.500. The third kappa shape index (κ3) is 3.37. The van der Waals surface area contributed by atoms with Crippen LogP contribution in [0, 0.1) is 17.2 Å². The maximum absolute atomic E-state index is 12.3. The smallest absolute Gasteiger partial charge is 0.240 e. The molecule has 1 aromatic rings. The second-order valence-corrected chi connectivity index (χ2v) is 6.86. The molecule has 108 valence electrons. The van der Waals surface area contributed by atoms with E-state index in [1.807, 2.05) is 6.07 Å². The van der Waals surface area contributed by atoms with Gasteiger partial charge in [0.15, 0.2) is 0 Å². The van der Waals surface area contributed by atoms with Gasteiger partial charge >= 0.3 is 0 Å². The van der Waals surface area contributed by atoms with E-state index in [-0.39, 0.29) is 16.9 Å². The zero-order valence-corrected chi connectivity index (χ0v) is 12.1. The quantitative estimate of drug-likeness (QED) is 0.876. The highest BCUT2D eigenvalue weighted by Crippen LogP contribution is 2.25. The van der Waals surface area contributed by atoms with Crippen LogP contribution in [0.25, 0.3) is 0 Å². The summed E-state index contributed by atoms with van der Waals surface area (Å²) < 4.78 is 27.4. The molecule has 0 saturated heterocycles. The van der Waals surface area contributed by atoms with Crippen LogP contribution in [-0.2, 0) is 10.0 Å². The van der Waals surface area contributed by atoms with Crippen LogP contribution in [0.15, 0.2) is 29.2 Å². The second-order valence-electron chi connectivity index (χ2n) is 5.14. The molecule has 1 aromatic carbocycles. The lowest BCUT2D eigenvalue weighted by atomic mass is 9.85. The number of nitrogens with zero attached hydrogens (tertiary/aromatic N) is 1. The predicted octanol–water partition coefficient (Wildman–Crippen LogP) is 1.35. The van der Waals surface area contributed by atoms with Crippen LogP contribution < -0.4 is 10.5 Å². The van der Waals surface area contributed by atoms with Crippen molar-refractivity contribution in [3.8, 4) is 6.07 Å². The summed E-state index contributed by atoms with van der Waals surface area (Å²) in [5, 5.41) is 8.73. The Kier molecular flexibility index (Phi) is 4.76. The Morgan fingerprint density at radius 2 is 1.90 bits per heavy atom. The molecule has 20 heavy (non-hydrogen) atoms. The summed E-state index contributed by atoms with van der Waals surface area (Å²) in [5.41, 5.74) is 6.16. The van der Waals surface area contributed by atoms with Crippen molar-refractivity contribution in [3.05, 3.63) is 29.8 Å². The molecule has 3 N–H and O–H groups in total. The molecule has 5 nitrogen and oxygen atoms in total. The van der Waals surface area contributed by atoms with Crippen LogP contribution in [0.1, 0.15) is 31.2 Å². The predicted molar refractivity (Wildman–Crippen MR) is 76.3 cm³/mol. The standard InChI is InChI=1S/C14H19N3O2S/c15-9-11-5-7-13(8-6-11)20(18,19)17-14-4-2-1-3-12(14)10-16/h5-8,12,14,17H,1-4,10,16H2/t12-,14-/m1/s1. The van der Waals surface area contributed by atoms with Gasteiger partial charge in [0.1, 0.15) is 0 Å². The van der Waals surface area contributed by atoms with E-state index < -0.39 is 10.0 Å². The van der Waals surface area contributed by atoms with Crippen molar-refractivity contribution in [2.75, 3.05) is 6.54 Å². The fourth-order valence-electron chi connectivity index (χ4n) is 2.62. The first kappa shape index (κ1) is 15.0. The molecule has 2 atom stereocenters. The molecule has 0 aliphatic heterocycles. The lowest BCUT2D eigenvalue weighted by Crippen LogP contribution is -2.44. The van der Waals surface area contributed by atoms with E-state index in [9.17, 15) is 8.42 Å². The summed E-state index contributed by atoms with van der Waals surface area (Å²) in [6.45, 7) is 0.501. The molecule has 1 aliphatic carbocycles. The molecule has 0 heterocycles. The highest BCUT2D eigenvalue weighted by atomic mass is 32.2. The van der Waals surface area contributed by atoms with Crippen LogP contribution in [0.3, 0.4) is 0 Å². The molecular weight excluding hydrogens is 274 g/mol. The maximum Gasteiger partial charge on any atom is 0.240 e. The zero-order chi connectivity index (χ0) is 14.6. The molecule has 6 heteroatoms. The first-order chi connectivity index (χ1) is 9.56. The van der Waals surface area contributed by atoms with Gasteiger partial charge < -0.3 is 5.73 Å². The van der Waals surface area contributed by atoms with E-state index >= 15 is 0 Å². The summed E-state index contributed by atoms with van der Waals surface area (Å²) in [5.74, 6) is 0.205. The molecular formula is C14H19N3O2S. The molecule has 1 fully saturated rings. The normalized spacial score (nSPS) is 23.2. The number of hydrogen-bond donors (Lipinski definition) is 2. The van der Waals surface area contributed by atoms with Crippen LogP contribution in [0.2, 0.25) is 0 Å². The molecule has 0 unspecified atom stereocenters. The number of benzene rings is 1. The third-order valence-electron chi connectivity index (χ3n) is 3.81. The van der Waals surface area contributed by atoms with E-state index in [2.05, 4.69) is 4.72 Å². The average molecular weight is 293 g/mol. The SMILES string of the molecule is N#Cc1ccc(S(=O)(=O)N[C@@H]2CCCC[C@@H]2CN)cc1. The van der Waals surface area contributed by atoms with Crippen molar-refractivity contribution >= 4 is 10.0 Å². The first-order valence-corrected chi connectivity index (χ1v) is 8.27. The summed E-state index contributed by atoms with van der Waals surface area (Å²) in [6.07, 6.45) is 3.93. The minimum atomic E-state index is -3.54. The molecule has 0 amide bonds. The van der Waals surface area contributed by atoms with E-state index in [1.165, 1.54) is 24.3 Å². The molecule has 0 aromatic heterocycles. The molecule has 1 aliphatic rings. The molecule has 2 rings (SSSR count). The lowest BCUT2D eigenvalue weighted by Gasteiger charge is -2.31. The van der Waals surface area contributed by atoms with Gasteiger partial charge in [0.25, 0.3) is 0 Å². The van der Waals surface area contributed by atoms with Crippen molar-refractivity contribution in [1.29, 1.82) is 5.26 Å². The minimum Gasteiger partial charge on any atom is -0.330 e. The Hall–Kier alpha value is -1.42. The number of nitriles is 1. The Morgan fingerprint density at radius 1 is 1.25 bits per heavy atom. The number of hydrogen-bond acceptors (Lipinski definition) is 4. The van der Waals surface area contributed by atoms with E-state index in [0.717, 1.165) is 25.7 Å². The summed E-state index contributed by atoms with van der Waals surface area (Å²) in [6, 6.07) is 7.82. The van der Waals surface area contributed by atoms with Crippen molar-refractivity contribution in [1.82, 2.24) is 4.72 Å². The van der Waals surface area contributed by atoms with E-state index in [4.69, 9.17) is 11.0 Å². The largest absolute Gasteiger partial charge is 0.330 e. The van der Waals surface area contributed by atoms with Gasteiger partial charge in [-0.15, -0.1) is 0 Å². The van der Waals surface area contributed by atoms with Crippen molar-refractivity contribution in [2.24, 2.45) is 11.7 Å². The van der Waals surface area contributed by atoms with Gasteiger partial charge in [0.05, 0.1) is 16.5 Å². The van der Waals surface area contributed by atoms with Crippen LogP contribution in [0.5, 0.6) is 0 Å². The van der Waals surface area contributed by atoms with Gasteiger partial charge in [-0.3, -0.25) is 0 Å². The highest BCUT2D eigenvalue weighted by molar-refractivity contribution is 7.89. The summed E-state index contributed by atoms with van der Waals surface area (Å²) in [7, 11) is -3.54. The zero-order valence-electron chi connectivity index (χ0n) is 11.2. The first-order valence-electron chi connectivity index (χ1n) is 6.79. The molecule has 0 radical (unpaired) electrons. The van der Waals surface area contributed by atoms with Crippen molar-refractivity contribution < 1.29 is 8.42 Å². The second kappa shape index (κ2) is 6.35. The van der Waals surface area contributed by atoms with E-state index in [1.54, 1.807) is 0 Å². The van der Waals surface area contributed by atoms with Gasteiger partial charge in [-0.25, -0.2) is 13.1 Å². The Balaban J connectivity index is 2.15. The van der Waals surface area contributed by atoms with Crippen LogP contribution in [0.4, 0.5) is 0 Å². The van der Waals surface area contributed by atoms with Crippen LogP contribution in [-0.4, -0.2) is 21.0 Å².